The van der Waals surface area contributed by atoms with Gasteiger partial charge in [0.1, 0.15) is 52.6 Å². The molecule has 11 heteroatoms. The van der Waals surface area contributed by atoms with Crippen LogP contribution in [0.5, 0.6) is 11.5 Å². The fourth-order valence-electron chi connectivity index (χ4n) is 4.43. The lowest BCUT2D eigenvalue weighted by molar-refractivity contribution is -0.128. The van der Waals surface area contributed by atoms with Crippen molar-refractivity contribution in [2.45, 2.75) is 18.9 Å². The molecule has 5 rings (SSSR count). The zero-order valence-corrected chi connectivity index (χ0v) is 19.6. The van der Waals surface area contributed by atoms with Gasteiger partial charge in [-0.2, -0.15) is 10.4 Å². The maximum absolute atomic E-state index is 13.5. The summed E-state index contributed by atoms with van der Waals surface area (Å²) in [7, 11) is 0. The van der Waals surface area contributed by atoms with Crippen LogP contribution in [0.25, 0.3) is 22.3 Å². The Morgan fingerprint density at radius 3 is 2.57 bits per heavy atom. The maximum Gasteiger partial charge on any atom is 0.263 e. The Labute approximate surface area is 210 Å². The monoisotopic (exact) mass is 501 g/mol. The minimum absolute atomic E-state index is 0.0353. The highest BCUT2D eigenvalue weighted by Crippen LogP contribution is 2.35. The smallest absolute Gasteiger partial charge is 0.263 e. The summed E-state index contributed by atoms with van der Waals surface area (Å²) in [5.74, 6) is -1.21. The molecule has 0 spiro atoms. The van der Waals surface area contributed by atoms with Gasteiger partial charge in [-0.15, -0.1) is 0 Å². The fourth-order valence-corrected chi connectivity index (χ4v) is 4.43. The molecule has 1 saturated heterocycles. The highest BCUT2D eigenvalue weighted by molar-refractivity contribution is 5.98. The lowest BCUT2D eigenvalue weighted by Crippen LogP contribution is -2.41. The average Bonchev–Trinajstić information content (AvgIpc) is 3.29. The quantitative estimate of drug-likeness (QED) is 0.318. The number of amides is 1. The van der Waals surface area contributed by atoms with Crippen LogP contribution in [0.3, 0.4) is 0 Å². The van der Waals surface area contributed by atoms with Gasteiger partial charge in [-0.3, -0.25) is 4.79 Å². The van der Waals surface area contributed by atoms with E-state index < -0.39 is 17.5 Å². The standard InChI is InChI=1S/C26H21F2N7O2/c1-15(12-29)26(36)34-8-2-3-19(13-34)35-25-22(24(30)31-14-32-25)23(33-35)16-4-6-20(7-5-16)37-21-10-17(27)9-18(28)11-21/h4-7,9-11,14,19H,1-3,8,13H2,(H2,30,31,32)/t19-/m1/s1. The van der Waals surface area contributed by atoms with E-state index in [9.17, 15) is 13.6 Å². The molecule has 2 N–H and O–H groups in total. The first-order valence-corrected chi connectivity index (χ1v) is 11.5. The fraction of sp³-hybridized carbons (Fsp3) is 0.192. The summed E-state index contributed by atoms with van der Waals surface area (Å²) in [6.45, 7) is 4.40. The maximum atomic E-state index is 13.5. The van der Waals surface area contributed by atoms with Crippen LogP contribution >= 0.6 is 0 Å². The van der Waals surface area contributed by atoms with E-state index >= 15 is 0 Å². The summed E-state index contributed by atoms with van der Waals surface area (Å²) in [6.07, 6.45) is 2.83. The number of piperidine rings is 1. The van der Waals surface area contributed by atoms with Crippen molar-refractivity contribution in [3.05, 3.63) is 72.6 Å². The molecule has 2 aromatic carbocycles. The van der Waals surface area contributed by atoms with E-state index in [4.69, 9.17) is 20.8 Å². The summed E-state index contributed by atoms with van der Waals surface area (Å²) in [6, 6.07) is 11.4. The van der Waals surface area contributed by atoms with Gasteiger partial charge in [-0.25, -0.2) is 23.4 Å². The molecule has 0 unspecified atom stereocenters. The van der Waals surface area contributed by atoms with Gasteiger partial charge in [-0.1, -0.05) is 6.58 Å². The van der Waals surface area contributed by atoms with Crippen molar-refractivity contribution in [1.29, 1.82) is 5.26 Å². The van der Waals surface area contributed by atoms with Gasteiger partial charge >= 0.3 is 0 Å². The molecule has 4 aromatic rings. The number of halogens is 2. The van der Waals surface area contributed by atoms with Crippen molar-refractivity contribution in [2.24, 2.45) is 0 Å². The van der Waals surface area contributed by atoms with E-state index in [0.717, 1.165) is 31.0 Å². The van der Waals surface area contributed by atoms with Crippen LogP contribution in [-0.4, -0.2) is 43.6 Å². The van der Waals surface area contributed by atoms with E-state index in [1.807, 2.05) is 6.07 Å². The number of nitrogens with zero attached hydrogens (tertiary/aromatic N) is 6. The van der Waals surface area contributed by atoms with Gasteiger partial charge in [0.15, 0.2) is 5.65 Å². The van der Waals surface area contributed by atoms with Gasteiger partial charge in [0, 0.05) is 36.9 Å². The molecule has 1 atom stereocenters. The van der Waals surface area contributed by atoms with Crippen LogP contribution in [0.1, 0.15) is 18.9 Å². The number of anilines is 1. The number of likely N-dealkylation sites (tertiary alicyclic amines) is 1. The predicted octanol–water partition coefficient (Wildman–Crippen LogP) is 4.39. The van der Waals surface area contributed by atoms with Crippen LogP contribution < -0.4 is 10.5 Å². The van der Waals surface area contributed by atoms with E-state index in [1.54, 1.807) is 33.8 Å². The zero-order chi connectivity index (χ0) is 26.1. The van der Waals surface area contributed by atoms with Crippen molar-refractivity contribution < 1.29 is 18.3 Å². The molecule has 186 valence electrons. The molecule has 1 amide bonds. The number of nitrogen functional groups attached to an aromatic ring is 1. The lowest BCUT2D eigenvalue weighted by Gasteiger charge is -2.32. The molecular formula is C26H21F2N7O2. The van der Waals surface area contributed by atoms with Gasteiger partial charge in [0.2, 0.25) is 0 Å². The Morgan fingerprint density at radius 1 is 1.14 bits per heavy atom. The predicted molar refractivity (Wildman–Crippen MR) is 131 cm³/mol. The van der Waals surface area contributed by atoms with Gasteiger partial charge in [-0.05, 0) is 37.1 Å². The number of fused-ring (bicyclic) bond motifs is 1. The van der Waals surface area contributed by atoms with Crippen molar-refractivity contribution in [3.63, 3.8) is 0 Å². The lowest BCUT2D eigenvalue weighted by atomic mass is 10.0. The molecule has 0 saturated carbocycles. The minimum Gasteiger partial charge on any atom is -0.457 e. The second kappa shape index (κ2) is 9.66. The van der Waals surface area contributed by atoms with Crippen LogP contribution in [0.4, 0.5) is 14.6 Å². The topological polar surface area (TPSA) is 123 Å². The second-order valence-electron chi connectivity index (χ2n) is 8.62. The summed E-state index contributed by atoms with van der Waals surface area (Å²) < 4.78 is 34.3. The Balaban J connectivity index is 1.47. The molecule has 1 aliphatic rings. The number of rotatable bonds is 5. The first kappa shape index (κ1) is 23.9. The van der Waals surface area contributed by atoms with Gasteiger partial charge in [0.05, 0.1) is 11.4 Å². The van der Waals surface area contributed by atoms with E-state index in [-0.39, 0.29) is 23.2 Å². The highest BCUT2D eigenvalue weighted by Gasteiger charge is 2.29. The van der Waals surface area contributed by atoms with E-state index in [2.05, 4.69) is 16.5 Å². The Kier molecular flexibility index (Phi) is 6.23. The first-order chi connectivity index (χ1) is 17.8. The summed E-state index contributed by atoms with van der Waals surface area (Å²) in [5.41, 5.74) is 7.88. The molecule has 2 aromatic heterocycles. The molecule has 9 nitrogen and oxygen atoms in total. The largest absolute Gasteiger partial charge is 0.457 e. The third-order valence-electron chi connectivity index (χ3n) is 6.14. The number of ether oxygens (including phenoxy) is 1. The molecule has 0 radical (unpaired) electrons. The SMILES string of the molecule is C=C(C#N)C(=O)N1CCC[C@@H](n2nc(-c3ccc(Oc4cc(F)cc(F)c4)cc3)c3c(N)ncnc32)C1. The molecular weight excluding hydrogens is 480 g/mol. The molecule has 1 aliphatic heterocycles. The van der Waals surface area contributed by atoms with Crippen LogP contribution in [-0.2, 0) is 4.79 Å². The third-order valence-corrected chi connectivity index (χ3v) is 6.14. The second-order valence-corrected chi connectivity index (χ2v) is 8.62. The summed E-state index contributed by atoms with van der Waals surface area (Å²) in [5, 5.41) is 14.4. The minimum atomic E-state index is -0.737. The highest BCUT2D eigenvalue weighted by atomic mass is 19.1. The van der Waals surface area contributed by atoms with Crippen molar-refractivity contribution in [2.75, 3.05) is 18.8 Å². The zero-order valence-electron chi connectivity index (χ0n) is 19.6. The molecule has 1 fully saturated rings. The third kappa shape index (κ3) is 4.69. The van der Waals surface area contributed by atoms with Gasteiger partial charge < -0.3 is 15.4 Å². The van der Waals surface area contributed by atoms with E-state index in [0.29, 0.717) is 41.1 Å². The number of nitriles is 1. The number of benzene rings is 2. The van der Waals surface area contributed by atoms with Gasteiger partial charge in [0.25, 0.3) is 5.91 Å². The van der Waals surface area contributed by atoms with Crippen LogP contribution in [0.2, 0.25) is 0 Å². The average molecular weight is 501 g/mol. The summed E-state index contributed by atoms with van der Waals surface area (Å²) >= 11 is 0. The number of aromatic nitrogens is 4. The summed E-state index contributed by atoms with van der Waals surface area (Å²) in [4.78, 5) is 22.7. The van der Waals surface area contributed by atoms with Crippen LogP contribution in [0.15, 0.2) is 60.9 Å². The number of nitrogens with two attached hydrogens (primary N) is 1. The molecule has 37 heavy (non-hydrogen) atoms. The van der Waals surface area contributed by atoms with Crippen LogP contribution in [0, 0.1) is 23.0 Å². The Bertz CT molecular complexity index is 1540. The Morgan fingerprint density at radius 2 is 1.86 bits per heavy atom. The first-order valence-electron chi connectivity index (χ1n) is 11.5. The number of carbonyl (C=O) groups excluding carboxylic acids is 1. The number of hydrogen-bond acceptors (Lipinski definition) is 7. The van der Waals surface area contributed by atoms with Crippen molar-refractivity contribution >= 4 is 22.8 Å². The Hall–Kier alpha value is -4.85. The number of carbonyl (C=O) groups is 1. The number of hydrogen-bond donors (Lipinski definition) is 1. The molecule has 3 heterocycles. The molecule has 0 aliphatic carbocycles. The van der Waals surface area contributed by atoms with Crippen molar-refractivity contribution in [3.8, 4) is 28.8 Å². The molecule has 0 bridgehead atoms. The van der Waals surface area contributed by atoms with Crippen molar-refractivity contribution in [1.82, 2.24) is 24.6 Å². The normalized spacial score (nSPS) is 15.4. The van der Waals surface area contributed by atoms with E-state index in [1.165, 1.54) is 6.33 Å².